The Kier molecular flexibility index (Phi) is 13.4. The molecule has 0 unspecified atom stereocenters. The van der Waals surface area contributed by atoms with E-state index in [0.29, 0.717) is 11.1 Å². The molecule has 0 heterocycles. The Bertz CT molecular complexity index is 893. The molecule has 0 aliphatic rings. The zero-order chi connectivity index (χ0) is 28.0. The fourth-order valence-corrected chi connectivity index (χ4v) is 5.13. The molecular weight excluding hydrogens is 468 g/mol. The van der Waals surface area contributed by atoms with E-state index in [4.69, 9.17) is 0 Å². The Morgan fingerprint density at radius 1 is 0.474 bits per heavy atom. The second kappa shape index (κ2) is 16.0. The van der Waals surface area contributed by atoms with Crippen LogP contribution in [0.2, 0.25) is 0 Å². The van der Waals surface area contributed by atoms with Crippen molar-refractivity contribution in [1.82, 2.24) is 8.97 Å². The summed E-state index contributed by atoms with van der Waals surface area (Å²) < 4.78 is 1.56. The van der Waals surface area contributed by atoms with E-state index >= 15 is 0 Å². The average Bonchev–Trinajstić information content (AvgIpc) is 2.92. The maximum atomic E-state index is 13.0. The van der Waals surface area contributed by atoms with Crippen molar-refractivity contribution < 1.29 is 9.59 Å². The standard InChI is InChI=1S/C34H54N2O2/c1-7-9-11-13-15-17-27-35(3,4)31-23-19-29(20-24-31)33(37)34(38)30-21-25-32(26-22-30)36(5,6)28-18-16-14-12-10-8-2/h19-26H,7-18,27-28H2,1-6H3/q+2. The SMILES string of the molecule is CCCCCCCC[N+](C)(C)c1ccc(C(=O)C(=O)c2ccc([N+](C)(C)CCCCCCCC)cc2)cc1. The van der Waals surface area contributed by atoms with Crippen molar-refractivity contribution in [1.29, 1.82) is 0 Å². The first-order valence-corrected chi connectivity index (χ1v) is 15.1. The lowest BCUT2D eigenvalue weighted by Gasteiger charge is -2.29. The van der Waals surface area contributed by atoms with Gasteiger partial charge in [-0.2, -0.15) is 0 Å². The van der Waals surface area contributed by atoms with E-state index in [0.717, 1.165) is 33.4 Å². The lowest BCUT2D eigenvalue weighted by Crippen LogP contribution is -2.41. The van der Waals surface area contributed by atoms with Crippen molar-refractivity contribution in [3.8, 4) is 0 Å². The summed E-state index contributed by atoms with van der Waals surface area (Å²) in [6.45, 7) is 6.63. The van der Waals surface area contributed by atoms with E-state index in [2.05, 4.69) is 42.0 Å². The van der Waals surface area contributed by atoms with Crippen LogP contribution in [0.1, 0.15) is 112 Å². The van der Waals surface area contributed by atoms with Crippen LogP contribution in [-0.2, 0) is 0 Å². The van der Waals surface area contributed by atoms with Crippen LogP contribution in [0.25, 0.3) is 0 Å². The molecule has 2 aromatic carbocycles. The summed E-state index contributed by atoms with van der Waals surface area (Å²) in [5, 5.41) is 0. The molecule has 0 aliphatic carbocycles. The molecule has 2 aromatic rings. The van der Waals surface area contributed by atoms with E-state index in [9.17, 15) is 9.59 Å². The molecule has 210 valence electrons. The molecule has 4 heteroatoms. The molecule has 4 nitrogen and oxygen atoms in total. The van der Waals surface area contributed by atoms with E-state index in [-0.39, 0.29) is 0 Å². The Balaban J connectivity index is 1.92. The third-order valence-electron chi connectivity index (χ3n) is 8.00. The zero-order valence-corrected chi connectivity index (χ0v) is 25.2. The Hall–Kier alpha value is -2.30. The number of ketones is 2. The molecule has 0 bridgehead atoms. The number of quaternary nitrogens is 2. The first-order chi connectivity index (χ1) is 18.1. The molecule has 0 radical (unpaired) electrons. The third-order valence-corrected chi connectivity index (χ3v) is 8.00. The summed E-state index contributed by atoms with van der Waals surface area (Å²) in [7, 11) is 8.84. The van der Waals surface area contributed by atoms with Crippen molar-refractivity contribution in [3.05, 3.63) is 59.7 Å². The molecule has 38 heavy (non-hydrogen) atoms. The quantitative estimate of drug-likeness (QED) is 0.0801. The van der Waals surface area contributed by atoms with Gasteiger partial charge in [-0.3, -0.25) is 18.6 Å². The fraction of sp³-hybridized carbons (Fsp3) is 0.588. The number of hydrogen-bond acceptors (Lipinski definition) is 2. The Morgan fingerprint density at radius 3 is 1.08 bits per heavy atom. The monoisotopic (exact) mass is 522 g/mol. The van der Waals surface area contributed by atoms with Gasteiger partial charge in [0.05, 0.1) is 41.3 Å². The van der Waals surface area contributed by atoms with Crippen molar-refractivity contribution >= 4 is 22.9 Å². The van der Waals surface area contributed by atoms with Crippen LogP contribution in [0, 0.1) is 0 Å². The Morgan fingerprint density at radius 2 is 0.763 bits per heavy atom. The average molecular weight is 523 g/mol. The van der Waals surface area contributed by atoms with Gasteiger partial charge in [-0.15, -0.1) is 0 Å². The van der Waals surface area contributed by atoms with E-state index in [1.54, 1.807) is 0 Å². The highest BCUT2D eigenvalue weighted by atomic mass is 16.2. The summed E-state index contributed by atoms with van der Waals surface area (Å²) in [6, 6.07) is 15.3. The highest BCUT2D eigenvalue weighted by Gasteiger charge is 2.23. The summed E-state index contributed by atoms with van der Waals surface area (Å²) in [5.41, 5.74) is 3.25. The molecule has 0 saturated carbocycles. The van der Waals surface area contributed by atoms with Gasteiger partial charge in [0.25, 0.3) is 0 Å². The van der Waals surface area contributed by atoms with Crippen molar-refractivity contribution in [2.75, 3.05) is 41.3 Å². The van der Waals surface area contributed by atoms with Crippen LogP contribution in [-0.4, -0.2) is 52.8 Å². The van der Waals surface area contributed by atoms with Gasteiger partial charge in [-0.1, -0.05) is 65.2 Å². The van der Waals surface area contributed by atoms with Crippen molar-refractivity contribution in [2.45, 2.75) is 90.9 Å². The van der Waals surface area contributed by atoms with Gasteiger partial charge in [0, 0.05) is 11.1 Å². The first kappa shape index (κ1) is 31.9. The molecular formula is C34H54N2O2+2. The summed E-state index contributed by atoms with van der Waals surface area (Å²) in [5.74, 6) is -0.877. The van der Waals surface area contributed by atoms with Gasteiger partial charge in [0.2, 0.25) is 11.6 Å². The highest BCUT2D eigenvalue weighted by Crippen LogP contribution is 2.24. The van der Waals surface area contributed by atoms with Crippen LogP contribution in [0.5, 0.6) is 0 Å². The number of unbranched alkanes of at least 4 members (excludes halogenated alkanes) is 10. The van der Waals surface area contributed by atoms with Crippen molar-refractivity contribution in [3.63, 3.8) is 0 Å². The maximum absolute atomic E-state index is 13.0. The third kappa shape index (κ3) is 10.1. The van der Waals surface area contributed by atoms with Crippen molar-refractivity contribution in [2.24, 2.45) is 0 Å². The highest BCUT2D eigenvalue weighted by molar-refractivity contribution is 6.49. The van der Waals surface area contributed by atoms with Gasteiger partial charge in [-0.25, -0.2) is 0 Å². The van der Waals surface area contributed by atoms with Gasteiger partial charge < -0.3 is 0 Å². The second-order valence-corrected chi connectivity index (χ2v) is 12.1. The van der Waals surface area contributed by atoms with Crippen LogP contribution >= 0.6 is 0 Å². The molecule has 0 saturated heterocycles. The number of hydrogen-bond donors (Lipinski definition) is 0. The predicted octanol–water partition coefficient (Wildman–Crippen LogP) is 8.61. The lowest BCUT2D eigenvalue weighted by molar-refractivity contribution is 0.0817. The fourth-order valence-electron chi connectivity index (χ4n) is 5.13. The molecule has 0 aromatic heterocycles. The molecule has 0 fully saturated rings. The smallest absolute Gasteiger partial charge is 0.233 e. The van der Waals surface area contributed by atoms with Gasteiger partial charge in [0.1, 0.15) is 11.4 Å². The van der Waals surface area contributed by atoms with Gasteiger partial charge in [0.15, 0.2) is 0 Å². The number of carbonyl (C=O) groups excluding carboxylic acids is 2. The van der Waals surface area contributed by atoms with Crippen LogP contribution < -0.4 is 8.97 Å². The molecule has 0 atom stereocenters. The van der Waals surface area contributed by atoms with Crippen LogP contribution in [0.3, 0.4) is 0 Å². The minimum atomic E-state index is -0.439. The molecule has 0 N–H and O–H groups in total. The van der Waals surface area contributed by atoms with Crippen LogP contribution in [0.4, 0.5) is 11.4 Å². The largest absolute Gasteiger partial charge is 0.296 e. The minimum Gasteiger partial charge on any atom is -0.296 e. The number of benzene rings is 2. The number of carbonyl (C=O) groups is 2. The topological polar surface area (TPSA) is 34.1 Å². The van der Waals surface area contributed by atoms with E-state index in [1.807, 2.05) is 48.5 Å². The number of nitrogens with zero attached hydrogens (tertiary/aromatic N) is 2. The lowest BCUT2D eigenvalue weighted by atomic mass is 10.0. The van der Waals surface area contributed by atoms with Gasteiger partial charge in [-0.05, 0) is 74.2 Å². The van der Waals surface area contributed by atoms with Crippen LogP contribution in [0.15, 0.2) is 48.5 Å². The molecule has 0 spiro atoms. The minimum absolute atomic E-state index is 0.439. The zero-order valence-electron chi connectivity index (χ0n) is 25.2. The van der Waals surface area contributed by atoms with E-state index in [1.165, 1.54) is 77.0 Å². The molecule has 0 aliphatic heterocycles. The second-order valence-electron chi connectivity index (χ2n) is 12.1. The number of rotatable bonds is 19. The van der Waals surface area contributed by atoms with E-state index < -0.39 is 11.6 Å². The molecule has 0 amide bonds. The Labute approximate surface area is 233 Å². The normalized spacial score (nSPS) is 12.1. The number of Topliss-reactive ketones (excluding diaryl/α,β-unsaturated/α-hetero) is 2. The van der Waals surface area contributed by atoms with Gasteiger partial charge >= 0.3 is 0 Å². The first-order valence-electron chi connectivity index (χ1n) is 15.1. The molecule has 2 rings (SSSR count). The summed E-state index contributed by atoms with van der Waals surface area (Å²) >= 11 is 0. The predicted molar refractivity (Wildman–Crippen MR) is 165 cm³/mol. The maximum Gasteiger partial charge on any atom is 0.233 e. The summed E-state index contributed by atoms with van der Waals surface area (Å²) in [6.07, 6.45) is 15.4. The summed E-state index contributed by atoms with van der Waals surface area (Å²) in [4.78, 5) is 26.0.